The quantitative estimate of drug-likeness (QED) is 0.781. The van der Waals surface area contributed by atoms with E-state index in [2.05, 4.69) is 23.7 Å². The second-order valence-electron chi connectivity index (χ2n) is 7.28. The van der Waals surface area contributed by atoms with Crippen molar-refractivity contribution in [1.29, 1.82) is 0 Å². The highest BCUT2D eigenvalue weighted by molar-refractivity contribution is 6.08. The molecule has 1 aromatic heterocycles. The number of methoxy groups -OCH3 is 1. The molecule has 0 bridgehead atoms. The number of para-hydroxylation sites is 1. The van der Waals surface area contributed by atoms with Crippen molar-refractivity contribution >= 4 is 22.8 Å². The second-order valence-corrected chi connectivity index (χ2v) is 7.28. The molecule has 0 fully saturated rings. The maximum absolute atomic E-state index is 12.8. The molecule has 1 heterocycles. The minimum absolute atomic E-state index is 0.241. The zero-order chi connectivity index (χ0) is 18.6. The molecule has 0 spiro atoms. The average molecular weight is 344 g/mol. The van der Waals surface area contributed by atoms with Crippen LogP contribution in [0.4, 0.5) is 0 Å². The standard InChI is InChI=1S/C20H28N2O3/c1-13(2)10-17(20(24)25-5)21-19(23)16-12-22(11-14(3)4)18-9-7-6-8-15(16)18/h6-9,12-14,17H,10-11H2,1-5H3,(H,21,23). The molecule has 1 atom stereocenters. The summed E-state index contributed by atoms with van der Waals surface area (Å²) >= 11 is 0. The molecule has 0 aliphatic carbocycles. The van der Waals surface area contributed by atoms with Crippen LogP contribution in [0.2, 0.25) is 0 Å². The van der Waals surface area contributed by atoms with Crippen LogP contribution >= 0.6 is 0 Å². The van der Waals surface area contributed by atoms with Crippen molar-refractivity contribution in [3.63, 3.8) is 0 Å². The molecular weight excluding hydrogens is 316 g/mol. The Bertz CT molecular complexity index is 746. The molecule has 136 valence electrons. The van der Waals surface area contributed by atoms with E-state index in [0.717, 1.165) is 17.4 Å². The van der Waals surface area contributed by atoms with Crippen LogP contribution < -0.4 is 5.32 Å². The SMILES string of the molecule is COC(=O)C(CC(C)C)NC(=O)c1cn(CC(C)C)c2ccccc12. The van der Waals surface area contributed by atoms with Crippen molar-refractivity contribution < 1.29 is 14.3 Å². The third-order valence-corrected chi connectivity index (χ3v) is 4.09. The van der Waals surface area contributed by atoms with E-state index in [-0.39, 0.29) is 11.8 Å². The molecular formula is C20H28N2O3. The number of nitrogens with zero attached hydrogens (tertiary/aromatic N) is 1. The minimum atomic E-state index is -0.635. The fraction of sp³-hybridized carbons (Fsp3) is 0.500. The van der Waals surface area contributed by atoms with Gasteiger partial charge in [-0.25, -0.2) is 4.79 Å². The molecule has 5 nitrogen and oxygen atoms in total. The van der Waals surface area contributed by atoms with Gasteiger partial charge in [0.1, 0.15) is 6.04 Å². The number of ether oxygens (including phenoxy) is 1. The van der Waals surface area contributed by atoms with Crippen LogP contribution in [0.3, 0.4) is 0 Å². The zero-order valence-electron chi connectivity index (χ0n) is 15.7. The highest BCUT2D eigenvalue weighted by atomic mass is 16.5. The molecule has 2 aromatic rings. The average Bonchev–Trinajstić information content (AvgIpc) is 2.91. The summed E-state index contributed by atoms with van der Waals surface area (Å²) in [4.78, 5) is 24.8. The molecule has 0 aliphatic heterocycles. The van der Waals surface area contributed by atoms with Crippen LogP contribution in [0.25, 0.3) is 10.9 Å². The van der Waals surface area contributed by atoms with E-state index < -0.39 is 12.0 Å². The topological polar surface area (TPSA) is 60.3 Å². The number of hydrogen-bond donors (Lipinski definition) is 1. The Labute approximate surface area is 149 Å². The van der Waals surface area contributed by atoms with E-state index in [0.29, 0.717) is 17.9 Å². The molecule has 1 N–H and O–H groups in total. The summed E-state index contributed by atoms with van der Waals surface area (Å²) in [5.74, 6) is 0.0879. The summed E-state index contributed by atoms with van der Waals surface area (Å²) in [5, 5.41) is 3.74. The second kappa shape index (κ2) is 8.19. The first kappa shape index (κ1) is 19.0. The smallest absolute Gasteiger partial charge is 0.328 e. The van der Waals surface area contributed by atoms with Gasteiger partial charge in [-0.05, 0) is 24.3 Å². The lowest BCUT2D eigenvalue weighted by Gasteiger charge is -2.18. The van der Waals surface area contributed by atoms with Crippen molar-refractivity contribution in [1.82, 2.24) is 9.88 Å². The van der Waals surface area contributed by atoms with Gasteiger partial charge in [0, 0.05) is 23.6 Å². The van der Waals surface area contributed by atoms with Gasteiger partial charge in [-0.15, -0.1) is 0 Å². The Morgan fingerprint density at radius 3 is 2.40 bits per heavy atom. The lowest BCUT2D eigenvalue weighted by Crippen LogP contribution is -2.42. The fourth-order valence-corrected chi connectivity index (χ4v) is 3.04. The van der Waals surface area contributed by atoms with Gasteiger partial charge in [0.05, 0.1) is 12.7 Å². The first-order valence-corrected chi connectivity index (χ1v) is 8.80. The van der Waals surface area contributed by atoms with Crippen LogP contribution in [-0.2, 0) is 16.1 Å². The summed E-state index contributed by atoms with van der Waals surface area (Å²) < 4.78 is 6.94. The molecule has 0 saturated heterocycles. The molecule has 0 radical (unpaired) electrons. The number of rotatable bonds is 7. The molecule has 0 aliphatic rings. The number of carbonyl (C=O) groups is 2. The predicted octanol–water partition coefficient (Wildman–Crippen LogP) is 3.61. The van der Waals surface area contributed by atoms with Gasteiger partial charge < -0.3 is 14.6 Å². The number of esters is 1. The largest absolute Gasteiger partial charge is 0.467 e. The summed E-state index contributed by atoms with van der Waals surface area (Å²) in [6.07, 6.45) is 2.42. The van der Waals surface area contributed by atoms with Crippen LogP contribution in [0.5, 0.6) is 0 Å². The number of benzene rings is 1. The summed E-state index contributed by atoms with van der Waals surface area (Å²) in [6.45, 7) is 9.14. The van der Waals surface area contributed by atoms with Crippen molar-refractivity contribution in [3.05, 3.63) is 36.0 Å². The van der Waals surface area contributed by atoms with Gasteiger partial charge in [-0.2, -0.15) is 0 Å². The van der Waals surface area contributed by atoms with Crippen LogP contribution in [0, 0.1) is 11.8 Å². The molecule has 5 heteroatoms. The van der Waals surface area contributed by atoms with Crippen LogP contribution in [0.15, 0.2) is 30.5 Å². The Balaban J connectivity index is 2.33. The fourth-order valence-electron chi connectivity index (χ4n) is 3.04. The number of hydrogen-bond acceptors (Lipinski definition) is 3. The highest BCUT2D eigenvalue weighted by Crippen LogP contribution is 2.23. The van der Waals surface area contributed by atoms with E-state index in [1.54, 1.807) is 0 Å². The molecule has 1 unspecified atom stereocenters. The lowest BCUT2D eigenvalue weighted by atomic mass is 10.0. The molecule has 25 heavy (non-hydrogen) atoms. The van der Waals surface area contributed by atoms with Crippen molar-refractivity contribution in [3.8, 4) is 0 Å². The summed E-state index contributed by atoms with van der Waals surface area (Å²) in [5.41, 5.74) is 1.62. The third kappa shape index (κ3) is 4.62. The molecule has 2 rings (SSSR count). The van der Waals surface area contributed by atoms with Gasteiger partial charge in [0.15, 0.2) is 0 Å². The van der Waals surface area contributed by atoms with E-state index in [1.807, 2.05) is 44.3 Å². The maximum atomic E-state index is 12.8. The zero-order valence-corrected chi connectivity index (χ0v) is 15.7. The Kier molecular flexibility index (Phi) is 6.23. The molecule has 0 saturated carbocycles. The van der Waals surface area contributed by atoms with Crippen molar-refractivity contribution in [2.24, 2.45) is 11.8 Å². The van der Waals surface area contributed by atoms with Crippen LogP contribution in [-0.4, -0.2) is 29.6 Å². The minimum Gasteiger partial charge on any atom is -0.467 e. The normalized spacial score (nSPS) is 12.6. The molecule has 1 aromatic carbocycles. The van der Waals surface area contributed by atoms with Gasteiger partial charge >= 0.3 is 5.97 Å². The van der Waals surface area contributed by atoms with Crippen molar-refractivity contribution in [2.45, 2.75) is 46.7 Å². The van der Waals surface area contributed by atoms with Crippen molar-refractivity contribution in [2.75, 3.05) is 7.11 Å². The number of aromatic nitrogens is 1. The highest BCUT2D eigenvalue weighted by Gasteiger charge is 2.25. The monoisotopic (exact) mass is 344 g/mol. The van der Waals surface area contributed by atoms with E-state index in [4.69, 9.17) is 4.74 Å². The van der Waals surface area contributed by atoms with E-state index in [1.165, 1.54) is 7.11 Å². The Morgan fingerprint density at radius 2 is 1.80 bits per heavy atom. The molecule has 1 amide bonds. The third-order valence-electron chi connectivity index (χ3n) is 4.09. The lowest BCUT2D eigenvalue weighted by molar-refractivity contribution is -0.143. The first-order valence-electron chi connectivity index (χ1n) is 8.80. The van der Waals surface area contributed by atoms with Crippen LogP contribution in [0.1, 0.15) is 44.5 Å². The number of carbonyl (C=O) groups excluding carboxylic acids is 2. The van der Waals surface area contributed by atoms with Gasteiger partial charge in [0.2, 0.25) is 0 Å². The number of nitrogens with one attached hydrogen (secondary N) is 1. The maximum Gasteiger partial charge on any atom is 0.328 e. The van der Waals surface area contributed by atoms with E-state index >= 15 is 0 Å². The predicted molar refractivity (Wildman–Crippen MR) is 99.5 cm³/mol. The number of fused-ring (bicyclic) bond motifs is 1. The Hall–Kier alpha value is -2.30. The first-order chi connectivity index (χ1) is 11.8. The van der Waals surface area contributed by atoms with Gasteiger partial charge in [0.25, 0.3) is 5.91 Å². The summed E-state index contributed by atoms with van der Waals surface area (Å²) in [7, 11) is 1.34. The van der Waals surface area contributed by atoms with Gasteiger partial charge in [-0.1, -0.05) is 45.9 Å². The van der Waals surface area contributed by atoms with E-state index in [9.17, 15) is 9.59 Å². The van der Waals surface area contributed by atoms with Gasteiger partial charge in [-0.3, -0.25) is 4.79 Å². The summed E-state index contributed by atoms with van der Waals surface area (Å²) in [6, 6.07) is 7.21. The Morgan fingerprint density at radius 1 is 1.12 bits per heavy atom. The number of amides is 1.